The molecule has 3 rings (SSSR count). The third kappa shape index (κ3) is 4.00. The van der Waals surface area contributed by atoms with Crippen LogP contribution in [-0.2, 0) is 0 Å². The number of ether oxygens (including phenoxy) is 1. The van der Waals surface area contributed by atoms with Gasteiger partial charge in [0.2, 0.25) is 5.95 Å². The minimum Gasteiger partial charge on any atom is -0.495 e. The van der Waals surface area contributed by atoms with Crippen molar-refractivity contribution in [2.45, 2.75) is 6.92 Å². The van der Waals surface area contributed by atoms with Crippen molar-refractivity contribution in [3.05, 3.63) is 59.8 Å². The molecule has 1 heterocycles. The van der Waals surface area contributed by atoms with E-state index in [4.69, 9.17) is 10.00 Å². The standard InChI is InChI=1S/C18H16N6O/c1-12-6-7-16(25-2)15(8-12)22-18-23-17(11-20-24-18)21-14-5-3-4-13(9-14)10-19/h3-9,11H,1-2H3,(H2,21,22,23,24). The second-order valence-corrected chi connectivity index (χ2v) is 5.31. The van der Waals surface area contributed by atoms with Gasteiger partial charge in [0, 0.05) is 5.69 Å². The van der Waals surface area contributed by atoms with Crippen LogP contribution in [0.4, 0.5) is 23.1 Å². The van der Waals surface area contributed by atoms with Gasteiger partial charge in [0.1, 0.15) is 5.75 Å². The van der Waals surface area contributed by atoms with Crippen molar-refractivity contribution in [2.24, 2.45) is 0 Å². The Labute approximate surface area is 145 Å². The third-order valence-corrected chi connectivity index (χ3v) is 3.42. The molecular weight excluding hydrogens is 316 g/mol. The Balaban J connectivity index is 1.82. The molecule has 0 spiro atoms. The van der Waals surface area contributed by atoms with Gasteiger partial charge in [-0.05, 0) is 42.8 Å². The van der Waals surface area contributed by atoms with Crippen LogP contribution in [0.15, 0.2) is 48.7 Å². The molecule has 1 aromatic heterocycles. The van der Waals surface area contributed by atoms with Crippen molar-refractivity contribution >= 4 is 23.1 Å². The minimum atomic E-state index is 0.338. The first-order valence-corrected chi connectivity index (χ1v) is 7.56. The van der Waals surface area contributed by atoms with E-state index < -0.39 is 0 Å². The lowest BCUT2D eigenvalue weighted by atomic mass is 10.2. The van der Waals surface area contributed by atoms with Crippen LogP contribution in [0.2, 0.25) is 0 Å². The number of hydrogen-bond acceptors (Lipinski definition) is 7. The zero-order valence-electron chi connectivity index (χ0n) is 13.8. The molecule has 0 aliphatic heterocycles. The van der Waals surface area contributed by atoms with Gasteiger partial charge in [0.25, 0.3) is 0 Å². The van der Waals surface area contributed by atoms with Gasteiger partial charge in [-0.15, -0.1) is 5.10 Å². The van der Waals surface area contributed by atoms with Gasteiger partial charge in [0.15, 0.2) is 5.82 Å². The van der Waals surface area contributed by atoms with Crippen LogP contribution in [0.3, 0.4) is 0 Å². The first kappa shape index (κ1) is 16.2. The van der Waals surface area contributed by atoms with Gasteiger partial charge >= 0.3 is 0 Å². The van der Waals surface area contributed by atoms with Crippen LogP contribution in [0.5, 0.6) is 5.75 Å². The van der Waals surface area contributed by atoms with Crippen LogP contribution in [-0.4, -0.2) is 22.3 Å². The summed E-state index contributed by atoms with van der Waals surface area (Å²) in [6.07, 6.45) is 1.51. The van der Waals surface area contributed by atoms with Crippen LogP contribution in [0.25, 0.3) is 0 Å². The van der Waals surface area contributed by atoms with Crippen LogP contribution >= 0.6 is 0 Å². The maximum Gasteiger partial charge on any atom is 0.249 e. The first-order valence-electron chi connectivity index (χ1n) is 7.56. The van der Waals surface area contributed by atoms with Crippen molar-refractivity contribution < 1.29 is 4.74 Å². The highest BCUT2D eigenvalue weighted by Gasteiger charge is 2.07. The number of methoxy groups -OCH3 is 1. The van der Waals surface area contributed by atoms with Gasteiger partial charge in [-0.25, -0.2) is 0 Å². The molecule has 7 nitrogen and oxygen atoms in total. The molecule has 3 aromatic rings. The van der Waals surface area contributed by atoms with Crippen molar-refractivity contribution in [2.75, 3.05) is 17.7 Å². The number of nitrogens with one attached hydrogen (secondary N) is 2. The fourth-order valence-electron chi connectivity index (χ4n) is 2.27. The van der Waals surface area contributed by atoms with Crippen LogP contribution < -0.4 is 15.4 Å². The SMILES string of the molecule is COc1ccc(C)cc1Nc1nncc(Nc2cccc(C#N)c2)n1. The second kappa shape index (κ2) is 7.27. The number of anilines is 4. The second-order valence-electron chi connectivity index (χ2n) is 5.31. The monoisotopic (exact) mass is 332 g/mol. The molecule has 0 saturated carbocycles. The number of rotatable bonds is 5. The molecule has 0 bridgehead atoms. The molecule has 2 N–H and O–H groups in total. The lowest BCUT2D eigenvalue weighted by molar-refractivity contribution is 0.416. The maximum atomic E-state index is 8.97. The van der Waals surface area contributed by atoms with Crippen molar-refractivity contribution in [3.8, 4) is 11.8 Å². The lowest BCUT2D eigenvalue weighted by Crippen LogP contribution is -2.03. The molecular formula is C18H16N6O. The summed E-state index contributed by atoms with van der Waals surface area (Å²) in [6, 6.07) is 15.0. The highest BCUT2D eigenvalue weighted by atomic mass is 16.5. The van der Waals surface area contributed by atoms with Crippen LogP contribution in [0, 0.1) is 18.3 Å². The van der Waals surface area contributed by atoms with E-state index in [1.54, 1.807) is 25.3 Å². The van der Waals surface area contributed by atoms with E-state index in [-0.39, 0.29) is 0 Å². The molecule has 0 atom stereocenters. The zero-order valence-corrected chi connectivity index (χ0v) is 13.8. The largest absolute Gasteiger partial charge is 0.495 e. The third-order valence-electron chi connectivity index (χ3n) is 3.42. The van der Waals surface area contributed by atoms with Crippen molar-refractivity contribution in [1.82, 2.24) is 15.2 Å². The normalized spacial score (nSPS) is 9.96. The van der Waals surface area contributed by atoms with E-state index in [2.05, 4.69) is 31.9 Å². The van der Waals surface area contributed by atoms with E-state index in [9.17, 15) is 0 Å². The molecule has 0 radical (unpaired) electrons. The molecule has 0 aliphatic carbocycles. The summed E-state index contributed by atoms with van der Waals surface area (Å²) in [5.41, 5.74) is 3.15. The first-order chi connectivity index (χ1) is 12.2. The summed E-state index contributed by atoms with van der Waals surface area (Å²) >= 11 is 0. The molecule has 0 fully saturated rings. The van der Waals surface area contributed by atoms with Gasteiger partial charge in [-0.3, -0.25) is 0 Å². The summed E-state index contributed by atoms with van der Waals surface area (Å²) in [6.45, 7) is 1.99. The molecule has 124 valence electrons. The molecule has 25 heavy (non-hydrogen) atoms. The molecule has 7 heteroatoms. The molecule has 0 unspecified atom stereocenters. The topological polar surface area (TPSA) is 95.8 Å². The van der Waals surface area contributed by atoms with Crippen LogP contribution in [0.1, 0.15) is 11.1 Å². The number of benzene rings is 2. The molecule has 0 amide bonds. The average Bonchev–Trinajstić information content (AvgIpc) is 2.62. The number of aromatic nitrogens is 3. The Kier molecular flexibility index (Phi) is 4.72. The summed E-state index contributed by atoms with van der Waals surface area (Å²) in [5.74, 6) is 1.54. The Morgan fingerprint density at radius 3 is 2.80 bits per heavy atom. The lowest BCUT2D eigenvalue weighted by Gasteiger charge is -2.11. The predicted octanol–water partition coefficient (Wildman–Crippen LogP) is 3.55. The quantitative estimate of drug-likeness (QED) is 0.737. The van der Waals surface area contributed by atoms with Crippen molar-refractivity contribution in [3.63, 3.8) is 0 Å². The number of nitrogens with zero attached hydrogens (tertiary/aromatic N) is 4. The molecule has 0 aliphatic rings. The highest BCUT2D eigenvalue weighted by Crippen LogP contribution is 2.27. The number of hydrogen-bond donors (Lipinski definition) is 2. The van der Waals surface area contributed by atoms with Crippen molar-refractivity contribution in [1.29, 1.82) is 5.26 Å². The Morgan fingerprint density at radius 2 is 2.00 bits per heavy atom. The smallest absolute Gasteiger partial charge is 0.249 e. The van der Waals surface area contributed by atoms with E-state index in [0.29, 0.717) is 23.1 Å². The molecule has 2 aromatic carbocycles. The summed E-state index contributed by atoms with van der Waals surface area (Å²) in [7, 11) is 1.61. The fraction of sp³-hybridized carbons (Fsp3) is 0.111. The molecule has 0 saturated heterocycles. The minimum absolute atomic E-state index is 0.338. The van der Waals surface area contributed by atoms with Gasteiger partial charge in [0.05, 0.1) is 30.6 Å². The summed E-state index contributed by atoms with van der Waals surface area (Å²) in [4.78, 5) is 4.39. The Morgan fingerprint density at radius 1 is 1.12 bits per heavy atom. The van der Waals surface area contributed by atoms with Gasteiger partial charge in [-0.1, -0.05) is 12.1 Å². The number of nitriles is 1. The van der Waals surface area contributed by atoms with E-state index >= 15 is 0 Å². The summed E-state index contributed by atoms with van der Waals surface area (Å²) in [5, 5.41) is 23.1. The number of aryl methyl sites for hydroxylation is 1. The predicted molar refractivity (Wildman–Crippen MR) is 95.3 cm³/mol. The fourth-order valence-corrected chi connectivity index (χ4v) is 2.27. The Bertz CT molecular complexity index is 935. The zero-order chi connectivity index (χ0) is 17.6. The highest BCUT2D eigenvalue weighted by molar-refractivity contribution is 5.65. The van der Waals surface area contributed by atoms with Gasteiger partial charge < -0.3 is 15.4 Å². The van der Waals surface area contributed by atoms with E-state index in [0.717, 1.165) is 16.9 Å². The van der Waals surface area contributed by atoms with Gasteiger partial charge in [-0.2, -0.15) is 15.3 Å². The summed E-state index contributed by atoms with van der Waals surface area (Å²) < 4.78 is 5.34. The maximum absolute atomic E-state index is 8.97. The van der Waals surface area contributed by atoms with E-state index in [1.807, 2.05) is 31.2 Å². The Hall–Kier alpha value is -3.66. The van der Waals surface area contributed by atoms with E-state index in [1.165, 1.54) is 6.20 Å². The average molecular weight is 332 g/mol.